The van der Waals surface area contributed by atoms with Gasteiger partial charge in [0.05, 0.1) is 11.0 Å². The highest BCUT2D eigenvalue weighted by atomic mass is 32.2. The molecule has 80 valence electrons. The third kappa shape index (κ3) is 3.01. The van der Waals surface area contributed by atoms with Crippen LogP contribution in [0.15, 0.2) is 29.2 Å². The van der Waals surface area contributed by atoms with Crippen LogP contribution in [0.3, 0.4) is 0 Å². The van der Waals surface area contributed by atoms with Crippen molar-refractivity contribution in [3.05, 3.63) is 30.1 Å². The average Bonchev–Trinajstić information content (AvgIpc) is 2.17. The van der Waals surface area contributed by atoms with E-state index in [-0.39, 0.29) is 4.90 Å². The van der Waals surface area contributed by atoms with Crippen LogP contribution in [0.5, 0.6) is 0 Å². The van der Waals surface area contributed by atoms with Crippen molar-refractivity contribution in [2.24, 2.45) is 0 Å². The van der Waals surface area contributed by atoms with Crippen LogP contribution in [-0.4, -0.2) is 14.5 Å². The standard InChI is InChI=1S/C9H9FN2O2S/c1-7(6-11)12-15(13,14)9-4-2-3-8(10)5-9/h2-5,7,12H,1H3. The van der Waals surface area contributed by atoms with Crippen molar-refractivity contribution in [2.45, 2.75) is 17.9 Å². The van der Waals surface area contributed by atoms with Crippen LogP contribution in [0.4, 0.5) is 4.39 Å². The van der Waals surface area contributed by atoms with E-state index in [2.05, 4.69) is 4.72 Å². The molecule has 0 spiro atoms. The molecule has 0 bridgehead atoms. The van der Waals surface area contributed by atoms with Crippen molar-refractivity contribution >= 4 is 10.0 Å². The molecular weight excluding hydrogens is 219 g/mol. The van der Waals surface area contributed by atoms with E-state index in [1.807, 2.05) is 0 Å². The molecule has 0 aliphatic heterocycles. The number of hydrogen-bond acceptors (Lipinski definition) is 3. The zero-order valence-corrected chi connectivity index (χ0v) is 8.75. The van der Waals surface area contributed by atoms with Crippen LogP contribution < -0.4 is 4.72 Å². The maximum absolute atomic E-state index is 12.8. The maximum atomic E-state index is 12.8. The molecule has 0 amide bonds. The van der Waals surface area contributed by atoms with E-state index in [0.717, 1.165) is 12.1 Å². The Hall–Kier alpha value is -1.45. The topological polar surface area (TPSA) is 70.0 Å². The summed E-state index contributed by atoms with van der Waals surface area (Å²) in [6.07, 6.45) is 0. The average molecular weight is 228 g/mol. The fourth-order valence-electron chi connectivity index (χ4n) is 0.961. The largest absolute Gasteiger partial charge is 0.241 e. The van der Waals surface area contributed by atoms with Crippen LogP contribution >= 0.6 is 0 Å². The molecular formula is C9H9FN2O2S. The lowest BCUT2D eigenvalue weighted by atomic mass is 10.4. The highest BCUT2D eigenvalue weighted by molar-refractivity contribution is 7.89. The molecule has 1 aromatic rings. The van der Waals surface area contributed by atoms with Gasteiger partial charge >= 0.3 is 0 Å². The van der Waals surface area contributed by atoms with Gasteiger partial charge in [-0.15, -0.1) is 0 Å². The number of rotatable bonds is 3. The lowest BCUT2D eigenvalue weighted by Crippen LogP contribution is -2.31. The smallest absolute Gasteiger partial charge is 0.207 e. The van der Waals surface area contributed by atoms with Gasteiger partial charge in [0.15, 0.2) is 0 Å². The summed E-state index contributed by atoms with van der Waals surface area (Å²) in [6.45, 7) is 1.40. The fraction of sp³-hybridized carbons (Fsp3) is 0.222. The van der Waals surface area contributed by atoms with Crippen molar-refractivity contribution in [2.75, 3.05) is 0 Å². The Morgan fingerprint density at radius 1 is 1.53 bits per heavy atom. The fourth-order valence-corrected chi connectivity index (χ4v) is 2.14. The Kier molecular flexibility index (Phi) is 3.39. The minimum Gasteiger partial charge on any atom is -0.207 e. The maximum Gasteiger partial charge on any atom is 0.241 e. The molecule has 1 aromatic carbocycles. The second kappa shape index (κ2) is 4.38. The first-order valence-corrected chi connectivity index (χ1v) is 5.61. The minimum absolute atomic E-state index is 0.190. The number of nitriles is 1. The lowest BCUT2D eigenvalue weighted by molar-refractivity contribution is 0.573. The summed E-state index contributed by atoms with van der Waals surface area (Å²) >= 11 is 0. The highest BCUT2D eigenvalue weighted by Gasteiger charge is 2.17. The van der Waals surface area contributed by atoms with Gasteiger partial charge < -0.3 is 0 Å². The predicted octanol–water partition coefficient (Wildman–Crippen LogP) is 1.02. The van der Waals surface area contributed by atoms with E-state index < -0.39 is 21.9 Å². The second-order valence-electron chi connectivity index (χ2n) is 2.93. The number of nitrogens with one attached hydrogen (secondary N) is 1. The zero-order chi connectivity index (χ0) is 11.5. The van der Waals surface area contributed by atoms with E-state index in [1.165, 1.54) is 19.1 Å². The second-order valence-corrected chi connectivity index (χ2v) is 4.64. The summed E-state index contributed by atoms with van der Waals surface area (Å²) in [7, 11) is -3.81. The van der Waals surface area contributed by atoms with Gasteiger partial charge in [0.25, 0.3) is 0 Å². The van der Waals surface area contributed by atoms with Crippen molar-refractivity contribution in [1.29, 1.82) is 5.26 Å². The quantitative estimate of drug-likeness (QED) is 0.839. The van der Waals surface area contributed by atoms with Crippen LogP contribution in [0.1, 0.15) is 6.92 Å². The van der Waals surface area contributed by atoms with Gasteiger partial charge in [-0.25, -0.2) is 12.8 Å². The van der Waals surface area contributed by atoms with Crippen LogP contribution in [0.25, 0.3) is 0 Å². The van der Waals surface area contributed by atoms with Gasteiger partial charge in [-0.1, -0.05) is 6.07 Å². The Morgan fingerprint density at radius 2 is 2.20 bits per heavy atom. The number of nitrogens with zero attached hydrogens (tertiary/aromatic N) is 1. The summed E-state index contributed by atoms with van der Waals surface area (Å²) in [5, 5.41) is 8.45. The normalized spacial score (nSPS) is 13.1. The van der Waals surface area contributed by atoms with Gasteiger partial charge in [0.1, 0.15) is 11.9 Å². The molecule has 1 atom stereocenters. The summed E-state index contributed by atoms with van der Waals surface area (Å²) in [5.41, 5.74) is 0. The van der Waals surface area contributed by atoms with E-state index >= 15 is 0 Å². The molecule has 0 aromatic heterocycles. The number of halogens is 1. The van der Waals surface area contributed by atoms with Crippen molar-refractivity contribution in [3.8, 4) is 6.07 Å². The number of hydrogen-bond donors (Lipinski definition) is 1. The van der Waals surface area contributed by atoms with E-state index in [0.29, 0.717) is 0 Å². The monoisotopic (exact) mass is 228 g/mol. The Bertz CT molecular complexity index is 493. The first kappa shape index (κ1) is 11.6. The molecule has 0 aliphatic carbocycles. The van der Waals surface area contributed by atoms with Crippen molar-refractivity contribution in [1.82, 2.24) is 4.72 Å². The lowest BCUT2D eigenvalue weighted by Gasteiger charge is -2.07. The Labute approximate surface area is 87.4 Å². The van der Waals surface area contributed by atoms with Gasteiger partial charge in [-0.05, 0) is 25.1 Å². The highest BCUT2D eigenvalue weighted by Crippen LogP contribution is 2.10. The van der Waals surface area contributed by atoms with E-state index in [4.69, 9.17) is 5.26 Å². The van der Waals surface area contributed by atoms with Crippen molar-refractivity contribution in [3.63, 3.8) is 0 Å². The molecule has 1 N–H and O–H groups in total. The first-order valence-electron chi connectivity index (χ1n) is 4.13. The molecule has 0 saturated heterocycles. The summed E-state index contributed by atoms with van der Waals surface area (Å²) in [4.78, 5) is -0.190. The summed E-state index contributed by atoms with van der Waals surface area (Å²) in [5.74, 6) is -0.637. The minimum atomic E-state index is -3.81. The molecule has 4 nitrogen and oxygen atoms in total. The molecule has 1 unspecified atom stereocenters. The predicted molar refractivity (Wildman–Crippen MR) is 51.8 cm³/mol. The molecule has 15 heavy (non-hydrogen) atoms. The number of benzene rings is 1. The Balaban J connectivity index is 3.03. The van der Waals surface area contributed by atoms with Gasteiger partial charge in [-0.2, -0.15) is 9.98 Å². The van der Waals surface area contributed by atoms with E-state index in [1.54, 1.807) is 6.07 Å². The van der Waals surface area contributed by atoms with Gasteiger partial charge in [0, 0.05) is 0 Å². The SMILES string of the molecule is CC(C#N)NS(=O)(=O)c1cccc(F)c1. The molecule has 0 aliphatic rings. The van der Waals surface area contributed by atoms with Gasteiger partial charge in [-0.3, -0.25) is 0 Å². The molecule has 0 radical (unpaired) electrons. The van der Waals surface area contributed by atoms with E-state index in [9.17, 15) is 12.8 Å². The summed E-state index contributed by atoms with van der Waals surface area (Å²) < 4.78 is 37.9. The third-order valence-corrected chi connectivity index (χ3v) is 3.17. The van der Waals surface area contributed by atoms with Crippen LogP contribution in [0.2, 0.25) is 0 Å². The van der Waals surface area contributed by atoms with Crippen LogP contribution in [0, 0.1) is 17.1 Å². The van der Waals surface area contributed by atoms with Gasteiger partial charge in [0.2, 0.25) is 10.0 Å². The first-order chi connectivity index (χ1) is 6.95. The van der Waals surface area contributed by atoms with Crippen LogP contribution in [-0.2, 0) is 10.0 Å². The summed E-state index contributed by atoms with van der Waals surface area (Å²) in [6, 6.07) is 5.47. The molecule has 0 heterocycles. The zero-order valence-electron chi connectivity index (χ0n) is 7.94. The molecule has 6 heteroatoms. The molecule has 0 fully saturated rings. The number of sulfonamides is 1. The Morgan fingerprint density at radius 3 is 2.73 bits per heavy atom. The van der Waals surface area contributed by atoms with Crippen molar-refractivity contribution < 1.29 is 12.8 Å². The molecule has 1 rings (SSSR count). The third-order valence-electron chi connectivity index (χ3n) is 1.63. The molecule has 0 saturated carbocycles.